The van der Waals surface area contributed by atoms with E-state index in [1.165, 1.54) is 7.05 Å². The monoisotopic (exact) mass is 330 g/mol. The Morgan fingerprint density at radius 1 is 1.41 bits per heavy atom. The van der Waals surface area contributed by atoms with Crippen molar-refractivity contribution in [3.8, 4) is 0 Å². The Morgan fingerprint density at radius 2 is 2.00 bits per heavy atom. The Kier molecular flexibility index (Phi) is 5.59. The molecule has 1 heterocycles. The number of amides is 3. The van der Waals surface area contributed by atoms with Gasteiger partial charge in [-0.2, -0.15) is 0 Å². The number of carbonyl (C=O) groups is 4. The second-order valence-corrected chi connectivity index (χ2v) is 6.62. The second kappa shape index (κ2) is 6.82. The summed E-state index contributed by atoms with van der Waals surface area (Å²) in [4.78, 5) is 46.8. The van der Waals surface area contributed by atoms with Crippen molar-refractivity contribution < 1.29 is 29.0 Å². The third-order valence-electron chi connectivity index (χ3n) is 2.50. The maximum absolute atomic E-state index is 11.7. The van der Waals surface area contributed by atoms with Crippen LogP contribution in [0.2, 0.25) is 0 Å². The number of nitrogens with one attached hydrogen (secondary N) is 1. The average molecular weight is 330 g/mol. The number of hydrogen-bond donors (Lipinski definition) is 2. The highest BCUT2D eigenvalue weighted by Gasteiger charge is 2.30. The first-order chi connectivity index (χ1) is 10.0. The van der Waals surface area contributed by atoms with Crippen molar-refractivity contribution in [2.45, 2.75) is 32.4 Å². The van der Waals surface area contributed by atoms with Gasteiger partial charge >= 0.3 is 12.1 Å². The molecule has 8 nitrogen and oxygen atoms in total. The van der Waals surface area contributed by atoms with E-state index in [2.05, 4.69) is 5.32 Å². The number of carbonyl (C=O) groups excluding carboxylic acids is 3. The molecule has 9 heteroatoms. The minimum Gasteiger partial charge on any atom is -0.480 e. The number of nitrogens with zero attached hydrogens (tertiary/aromatic N) is 1. The molecule has 0 saturated carbocycles. The van der Waals surface area contributed by atoms with Gasteiger partial charge in [-0.1, -0.05) is 0 Å². The molecular weight excluding hydrogens is 312 g/mol. The quantitative estimate of drug-likeness (QED) is 0.709. The van der Waals surface area contributed by atoms with Crippen LogP contribution in [0, 0.1) is 0 Å². The summed E-state index contributed by atoms with van der Waals surface area (Å²) in [6.45, 7) is 4.96. The maximum Gasteiger partial charge on any atom is 0.408 e. The zero-order chi connectivity index (χ0) is 17.1. The molecular formula is C13H18N2O6S. The van der Waals surface area contributed by atoms with Crippen molar-refractivity contribution in [3.05, 3.63) is 11.0 Å². The lowest BCUT2D eigenvalue weighted by atomic mass is 10.2. The van der Waals surface area contributed by atoms with Crippen LogP contribution in [0.4, 0.5) is 4.79 Å². The van der Waals surface area contributed by atoms with Crippen LogP contribution >= 0.6 is 11.8 Å². The van der Waals surface area contributed by atoms with Crippen LogP contribution in [-0.2, 0) is 19.1 Å². The van der Waals surface area contributed by atoms with Crippen molar-refractivity contribution in [1.82, 2.24) is 10.2 Å². The molecule has 0 aromatic heterocycles. The lowest BCUT2D eigenvalue weighted by Gasteiger charge is -2.21. The molecule has 1 rings (SSSR count). The predicted molar refractivity (Wildman–Crippen MR) is 79.1 cm³/mol. The molecule has 0 fully saturated rings. The van der Waals surface area contributed by atoms with Gasteiger partial charge in [0.2, 0.25) is 0 Å². The number of likely N-dealkylation sites (N-methyl/N-ethyl adjacent to an activating group) is 1. The molecule has 2 N–H and O–H groups in total. The van der Waals surface area contributed by atoms with E-state index in [0.29, 0.717) is 0 Å². The normalized spacial score (nSPS) is 16.4. The minimum atomic E-state index is -1.26. The standard InChI is InChI=1S/C13H18N2O6S/c1-13(2,3)21-12(20)14-7(11(18)19)6-22-8-5-9(16)15(4)10(8)17/h5,7H,6H2,1-4H3,(H,14,20)(H,18,19)/t7-/m0/s1. The van der Waals surface area contributed by atoms with Crippen LogP contribution in [0.15, 0.2) is 11.0 Å². The smallest absolute Gasteiger partial charge is 0.408 e. The lowest BCUT2D eigenvalue weighted by molar-refractivity contribution is -0.139. The highest BCUT2D eigenvalue weighted by molar-refractivity contribution is 8.04. The van der Waals surface area contributed by atoms with E-state index in [9.17, 15) is 19.2 Å². The number of hydrogen-bond acceptors (Lipinski definition) is 6. The average Bonchev–Trinajstić information content (AvgIpc) is 2.59. The molecule has 0 aromatic carbocycles. The van der Waals surface area contributed by atoms with Gasteiger partial charge in [-0.3, -0.25) is 14.5 Å². The largest absolute Gasteiger partial charge is 0.480 e. The van der Waals surface area contributed by atoms with Crippen molar-refractivity contribution >= 4 is 35.6 Å². The van der Waals surface area contributed by atoms with Crippen molar-refractivity contribution in [3.63, 3.8) is 0 Å². The topological polar surface area (TPSA) is 113 Å². The van der Waals surface area contributed by atoms with Crippen molar-refractivity contribution in [2.75, 3.05) is 12.8 Å². The first-order valence-electron chi connectivity index (χ1n) is 6.40. The van der Waals surface area contributed by atoms with Crippen LogP contribution in [0.5, 0.6) is 0 Å². The molecule has 0 aliphatic carbocycles. The Labute approximate surface area is 131 Å². The van der Waals surface area contributed by atoms with Gasteiger partial charge in [0.25, 0.3) is 11.8 Å². The number of imide groups is 1. The fraction of sp³-hybridized carbons (Fsp3) is 0.538. The molecule has 3 amide bonds. The van der Waals surface area contributed by atoms with Gasteiger partial charge in [0, 0.05) is 18.9 Å². The van der Waals surface area contributed by atoms with E-state index < -0.39 is 35.5 Å². The predicted octanol–water partition coefficient (Wildman–Crippen LogP) is 0.580. The second-order valence-electron chi connectivity index (χ2n) is 5.56. The number of carboxylic acids is 1. The summed E-state index contributed by atoms with van der Waals surface area (Å²) >= 11 is 0.894. The fourth-order valence-electron chi connectivity index (χ4n) is 1.44. The molecule has 0 spiro atoms. The molecule has 22 heavy (non-hydrogen) atoms. The number of thioether (sulfide) groups is 1. The molecule has 0 radical (unpaired) electrons. The zero-order valence-electron chi connectivity index (χ0n) is 12.7. The highest BCUT2D eigenvalue weighted by atomic mass is 32.2. The summed E-state index contributed by atoms with van der Waals surface area (Å²) in [7, 11) is 1.34. The van der Waals surface area contributed by atoms with Crippen molar-refractivity contribution in [1.29, 1.82) is 0 Å². The van der Waals surface area contributed by atoms with E-state index >= 15 is 0 Å². The van der Waals surface area contributed by atoms with Gasteiger partial charge in [0.15, 0.2) is 0 Å². The van der Waals surface area contributed by atoms with Gasteiger partial charge in [-0.05, 0) is 20.8 Å². The minimum absolute atomic E-state index is 0.104. The van der Waals surface area contributed by atoms with E-state index in [1.54, 1.807) is 20.8 Å². The third-order valence-corrected chi connectivity index (χ3v) is 3.60. The van der Waals surface area contributed by atoms with E-state index in [1.807, 2.05) is 0 Å². The maximum atomic E-state index is 11.7. The molecule has 0 unspecified atom stereocenters. The Balaban J connectivity index is 2.61. The summed E-state index contributed by atoms with van der Waals surface area (Å²) in [5, 5.41) is 11.3. The molecule has 1 atom stereocenters. The molecule has 1 aliphatic heterocycles. The fourth-order valence-corrected chi connectivity index (χ4v) is 2.45. The Morgan fingerprint density at radius 3 is 2.41 bits per heavy atom. The van der Waals surface area contributed by atoms with E-state index in [-0.39, 0.29) is 10.7 Å². The SMILES string of the molecule is CN1C(=O)C=C(SC[C@H](NC(=O)OC(C)(C)C)C(=O)O)C1=O. The van der Waals surface area contributed by atoms with Gasteiger partial charge in [0.05, 0.1) is 4.91 Å². The third kappa shape index (κ3) is 5.06. The van der Waals surface area contributed by atoms with Crippen LogP contribution in [0.3, 0.4) is 0 Å². The number of carboxylic acid groups (broad SMARTS) is 1. The van der Waals surface area contributed by atoms with E-state index in [0.717, 1.165) is 22.7 Å². The number of rotatable bonds is 5. The zero-order valence-corrected chi connectivity index (χ0v) is 13.5. The molecule has 0 saturated heterocycles. The Hall–Kier alpha value is -2.03. The Bertz CT molecular complexity index is 537. The lowest BCUT2D eigenvalue weighted by Crippen LogP contribution is -2.45. The van der Waals surface area contributed by atoms with Crippen LogP contribution in [0.25, 0.3) is 0 Å². The van der Waals surface area contributed by atoms with Gasteiger partial charge in [0.1, 0.15) is 11.6 Å². The molecule has 0 bridgehead atoms. The summed E-state index contributed by atoms with van der Waals surface area (Å²) in [6, 6.07) is -1.24. The number of ether oxygens (including phenoxy) is 1. The summed E-state index contributed by atoms with van der Waals surface area (Å²) in [5.74, 6) is -2.31. The molecule has 0 aromatic rings. The molecule has 122 valence electrons. The van der Waals surface area contributed by atoms with Crippen LogP contribution < -0.4 is 5.32 Å². The van der Waals surface area contributed by atoms with Crippen molar-refractivity contribution in [2.24, 2.45) is 0 Å². The number of aliphatic carboxylic acids is 1. The van der Waals surface area contributed by atoms with E-state index in [4.69, 9.17) is 9.84 Å². The molecule has 1 aliphatic rings. The van der Waals surface area contributed by atoms with Gasteiger partial charge < -0.3 is 15.2 Å². The van der Waals surface area contributed by atoms with Crippen LogP contribution in [0.1, 0.15) is 20.8 Å². The van der Waals surface area contributed by atoms with Gasteiger partial charge in [-0.15, -0.1) is 11.8 Å². The first kappa shape index (κ1) is 18.0. The highest BCUT2D eigenvalue weighted by Crippen LogP contribution is 2.24. The number of alkyl carbamates (subject to hydrolysis) is 1. The summed E-state index contributed by atoms with van der Waals surface area (Å²) in [5.41, 5.74) is -0.751. The van der Waals surface area contributed by atoms with Crippen LogP contribution in [-0.4, -0.2) is 58.3 Å². The summed E-state index contributed by atoms with van der Waals surface area (Å²) < 4.78 is 4.98. The summed E-state index contributed by atoms with van der Waals surface area (Å²) in [6.07, 6.45) is 0.278. The van der Waals surface area contributed by atoms with Gasteiger partial charge in [-0.25, -0.2) is 9.59 Å². The first-order valence-corrected chi connectivity index (χ1v) is 7.38.